The molecule has 5 nitrogen and oxygen atoms in total. The summed E-state index contributed by atoms with van der Waals surface area (Å²) >= 11 is 0. The minimum Gasteiger partial charge on any atom is -0.441 e. The van der Waals surface area contributed by atoms with E-state index in [0.717, 1.165) is 23.4 Å². The summed E-state index contributed by atoms with van der Waals surface area (Å²) in [7, 11) is 1.79. The molecule has 1 aliphatic rings. The molecule has 1 aromatic carbocycles. The fraction of sp³-hybridized carbons (Fsp3) is 0.375. The quantitative estimate of drug-likeness (QED) is 0.935. The van der Waals surface area contributed by atoms with E-state index in [-0.39, 0.29) is 11.9 Å². The standard InChI is InChI=1S/C16H19N3O2/c1-11(17-2)16(20)19-9-8-14-13(10-19)18-15(21-14)12-6-4-3-5-7-12/h3-7,11,17H,8-10H2,1-2H3/t11-/m0/s1. The number of rotatable bonds is 3. The molecule has 0 bridgehead atoms. The van der Waals surface area contributed by atoms with Gasteiger partial charge in [0.05, 0.1) is 12.6 Å². The molecule has 21 heavy (non-hydrogen) atoms. The maximum absolute atomic E-state index is 12.2. The number of carbonyl (C=O) groups excluding carboxylic acids is 1. The third kappa shape index (κ3) is 2.69. The van der Waals surface area contributed by atoms with E-state index in [0.29, 0.717) is 19.0 Å². The molecule has 0 spiro atoms. The Morgan fingerprint density at radius 2 is 2.14 bits per heavy atom. The van der Waals surface area contributed by atoms with Crippen LogP contribution < -0.4 is 5.32 Å². The van der Waals surface area contributed by atoms with Gasteiger partial charge in [0.2, 0.25) is 11.8 Å². The number of benzene rings is 1. The van der Waals surface area contributed by atoms with Gasteiger partial charge in [-0.15, -0.1) is 0 Å². The number of nitrogens with one attached hydrogen (secondary N) is 1. The predicted octanol–water partition coefficient (Wildman–Crippen LogP) is 1.83. The van der Waals surface area contributed by atoms with Crippen LogP contribution in [-0.4, -0.2) is 35.4 Å². The van der Waals surface area contributed by atoms with Crippen LogP contribution in [0.15, 0.2) is 34.7 Å². The number of hydrogen-bond donors (Lipinski definition) is 1. The minimum atomic E-state index is -0.174. The lowest BCUT2D eigenvalue weighted by molar-refractivity contribution is -0.133. The van der Waals surface area contributed by atoms with Gasteiger partial charge in [0.15, 0.2) is 0 Å². The number of aromatic nitrogens is 1. The Balaban J connectivity index is 1.81. The van der Waals surface area contributed by atoms with Crippen LogP contribution >= 0.6 is 0 Å². The number of fused-ring (bicyclic) bond motifs is 1. The SMILES string of the molecule is CN[C@@H](C)C(=O)N1CCc2oc(-c3ccccc3)nc2C1. The highest BCUT2D eigenvalue weighted by Crippen LogP contribution is 2.26. The molecular formula is C16H19N3O2. The van der Waals surface area contributed by atoms with Crippen LogP contribution in [0.25, 0.3) is 11.5 Å². The molecule has 1 atom stereocenters. The number of nitrogens with zero attached hydrogens (tertiary/aromatic N) is 2. The zero-order valence-corrected chi connectivity index (χ0v) is 12.3. The molecule has 2 aromatic rings. The van der Waals surface area contributed by atoms with E-state index >= 15 is 0 Å². The van der Waals surface area contributed by atoms with Gasteiger partial charge in [0.25, 0.3) is 0 Å². The minimum absolute atomic E-state index is 0.104. The first kappa shape index (κ1) is 13.8. The summed E-state index contributed by atoms with van der Waals surface area (Å²) in [6, 6.07) is 9.66. The zero-order chi connectivity index (χ0) is 14.8. The molecule has 0 unspecified atom stereocenters. The second kappa shape index (κ2) is 5.69. The maximum Gasteiger partial charge on any atom is 0.239 e. The van der Waals surface area contributed by atoms with Crippen LogP contribution in [0.3, 0.4) is 0 Å². The summed E-state index contributed by atoms with van der Waals surface area (Å²) in [5, 5.41) is 2.98. The molecular weight excluding hydrogens is 266 g/mol. The van der Waals surface area contributed by atoms with Crippen LogP contribution in [0, 0.1) is 0 Å². The van der Waals surface area contributed by atoms with Gasteiger partial charge in [-0.1, -0.05) is 18.2 Å². The van der Waals surface area contributed by atoms with Crippen molar-refractivity contribution in [2.24, 2.45) is 0 Å². The van der Waals surface area contributed by atoms with Crippen molar-refractivity contribution in [1.82, 2.24) is 15.2 Å². The monoisotopic (exact) mass is 285 g/mol. The van der Waals surface area contributed by atoms with Crippen molar-refractivity contribution >= 4 is 5.91 Å². The smallest absolute Gasteiger partial charge is 0.239 e. The van der Waals surface area contributed by atoms with Crippen molar-refractivity contribution in [2.75, 3.05) is 13.6 Å². The van der Waals surface area contributed by atoms with Crippen LogP contribution in [-0.2, 0) is 17.8 Å². The molecule has 1 aromatic heterocycles. The second-order valence-electron chi connectivity index (χ2n) is 5.28. The van der Waals surface area contributed by atoms with E-state index < -0.39 is 0 Å². The van der Waals surface area contributed by atoms with Gasteiger partial charge in [-0.05, 0) is 26.1 Å². The molecule has 110 valence electrons. The number of likely N-dealkylation sites (N-methyl/N-ethyl adjacent to an activating group) is 1. The molecule has 0 aliphatic carbocycles. The molecule has 1 amide bonds. The normalized spacial score (nSPS) is 15.6. The Hall–Kier alpha value is -2.14. The van der Waals surface area contributed by atoms with Crippen LogP contribution in [0.4, 0.5) is 0 Å². The molecule has 1 N–H and O–H groups in total. The van der Waals surface area contributed by atoms with E-state index in [1.165, 1.54) is 0 Å². The van der Waals surface area contributed by atoms with Gasteiger partial charge in [0, 0.05) is 18.5 Å². The molecule has 5 heteroatoms. The van der Waals surface area contributed by atoms with Crippen molar-refractivity contribution < 1.29 is 9.21 Å². The number of amides is 1. The van der Waals surface area contributed by atoms with E-state index in [4.69, 9.17) is 4.42 Å². The predicted molar refractivity (Wildman–Crippen MR) is 79.6 cm³/mol. The Kier molecular flexibility index (Phi) is 3.75. The zero-order valence-electron chi connectivity index (χ0n) is 12.3. The summed E-state index contributed by atoms with van der Waals surface area (Å²) in [6.45, 7) is 3.08. The first-order valence-electron chi connectivity index (χ1n) is 7.19. The van der Waals surface area contributed by atoms with Crippen molar-refractivity contribution in [1.29, 1.82) is 0 Å². The van der Waals surface area contributed by atoms with Crippen molar-refractivity contribution in [2.45, 2.75) is 25.9 Å². The highest BCUT2D eigenvalue weighted by molar-refractivity contribution is 5.81. The van der Waals surface area contributed by atoms with Gasteiger partial charge >= 0.3 is 0 Å². The Morgan fingerprint density at radius 1 is 1.38 bits per heavy atom. The van der Waals surface area contributed by atoms with Gasteiger partial charge < -0.3 is 14.6 Å². The third-order valence-electron chi connectivity index (χ3n) is 3.86. The average Bonchev–Trinajstić information content (AvgIpc) is 2.97. The number of carbonyl (C=O) groups is 1. The van der Waals surface area contributed by atoms with Gasteiger partial charge in [-0.25, -0.2) is 4.98 Å². The molecule has 0 saturated heterocycles. The van der Waals surface area contributed by atoms with E-state index in [2.05, 4.69) is 10.3 Å². The van der Waals surface area contributed by atoms with Crippen LogP contribution in [0.2, 0.25) is 0 Å². The molecule has 0 radical (unpaired) electrons. The third-order valence-corrected chi connectivity index (χ3v) is 3.86. The summed E-state index contributed by atoms with van der Waals surface area (Å²) in [5.41, 5.74) is 1.84. The maximum atomic E-state index is 12.2. The fourth-order valence-corrected chi connectivity index (χ4v) is 2.49. The van der Waals surface area contributed by atoms with E-state index in [9.17, 15) is 4.79 Å². The lowest BCUT2D eigenvalue weighted by atomic mass is 10.1. The van der Waals surface area contributed by atoms with Gasteiger partial charge in [0.1, 0.15) is 11.5 Å². The summed E-state index contributed by atoms with van der Waals surface area (Å²) < 4.78 is 5.84. The van der Waals surface area contributed by atoms with Crippen LogP contribution in [0.5, 0.6) is 0 Å². The summed E-state index contributed by atoms with van der Waals surface area (Å²) in [6.07, 6.45) is 0.720. The second-order valence-corrected chi connectivity index (χ2v) is 5.28. The summed E-state index contributed by atoms with van der Waals surface area (Å²) in [4.78, 5) is 18.6. The number of hydrogen-bond acceptors (Lipinski definition) is 4. The fourth-order valence-electron chi connectivity index (χ4n) is 2.49. The first-order chi connectivity index (χ1) is 10.2. The Labute approximate surface area is 124 Å². The summed E-state index contributed by atoms with van der Waals surface area (Å²) in [5.74, 6) is 1.64. The Bertz CT molecular complexity index is 636. The Morgan fingerprint density at radius 3 is 2.86 bits per heavy atom. The molecule has 2 heterocycles. The first-order valence-corrected chi connectivity index (χ1v) is 7.19. The molecule has 3 rings (SSSR count). The highest BCUT2D eigenvalue weighted by Gasteiger charge is 2.27. The molecule has 0 fully saturated rings. The lowest BCUT2D eigenvalue weighted by Gasteiger charge is -2.27. The average molecular weight is 285 g/mol. The lowest BCUT2D eigenvalue weighted by Crippen LogP contribution is -2.45. The van der Waals surface area contributed by atoms with E-state index in [1.54, 1.807) is 7.05 Å². The van der Waals surface area contributed by atoms with E-state index in [1.807, 2.05) is 42.2 Å². The van der Waals surface area contributed by atoms with Gasteiger partial charge in [-0.3, -0.25) is 4.79 Å². The largest absolute Gasteiger partial charge is 0.441 e. The van der Waals surface area contributed by atoms with Crippen molar-refractivity contribution in [3.63, 3.8) is 0 Å². The van der Waals surface area contributed by atoms with Gasteiger partial charge in [-0.2, -0.15) is 0 Å². The molecule has 1 aliphatic heterocycles. The van der Waals surface area contributed by atoms with Crippen LogP contribution in [0.1, 0.15) is 18.4 Å². The number of oxazole rings is 1. The van der Waals surface area contributed by atoms with Crippen molar-refractivity contribution in [3.05, 3.63) is 41.8 Å². The highest BCUT2D eigenvalue weighted by atomic mass is 16.4. The van der Waals surface area contributed by atoms with Crippen molar-refractivity contribution in [3.8, 4) is 11.5 Å². The topological polar surface area (TPSA) is 58.4 Å². The molecule has 0 saturated carbocycles.